The maximum atomic E-state index is 13.4. The Bertz CT molecular complexity index is 5940. The molecule has 1 aliphatic carbocycles. The van der Waals surface area contributed by atoms with E-state index in [9.17, 15) is 32.8 Å². The van der Waals surface area contributed by atoms with Crippen LogP contribution in [0, 0.1) is 11.8 Å². The molecule has 13 aliphatic rings. The van der Waals surface area contributed by atoms with Crippen molar-refractivity contribution >= 4 is 58.6 Å². The van der Waals surface area contributed by atoms with Crippen molar-refractivity contribution in [2.24, 2.45) is 11.8 Å². The Morgan fingerprint density at radius 1 is 0.307 bits per heavy atom. The zero-order chi connectivity index (χ0) is 104. The molecule has 35 nitrogen and oxygen atoms in total. The summed E-state index contributed by atoms with van der Waals surface area (Å²) in [6, 6.07) is 45.0. The molecule has 8 fully saturated rings. The topological polar surface area (TPSA) is 348 Å². The van der Waals surface area contributed by atoms with Crippen LogP contribution in [0.4, 0.5) is 37.9 Å². The van der Waals surface area contributed by atoms with Crippen LogP contribution in [0.2, 0.25) is 0 Å². The van der Waals surface area contributed by atoms with Crippen LogP contribution in [0.25, 0.3) is 0 Å². The average Bonchev–Trinajstić information content (AvgIpc) is 1.79. The lowest BCUT2D eigenvalue weighted by Crippen LogP contribution is -2.47. The first kappa shape index (κ1) is 109. The third kappa shape index (κ3) is 30.4. The van der Waals surface area contributed by atoms with Gasteiger partial charge in [0, 0.05) is 178 Å². The van der Waals surface area contributed by atoms with Crippen molar-refractivity contribution in [3.8, 4) is 30.1 Å². The number of ether oxygens (including phenoxy) is 10. The number of hydrogen-bond acceptors (Lipinski definition) is 30. The number of methoxy groups -OCH3 is 5. The molecule has 23 rings (SSSR count). The fourth-order valence-corrected chi connectivity index (χ4v) is 20.8. The summed E-state index contributed by atoms with van der Waals surface area (Å²) in [5.41, 5.74) is 15.7. The number of aryl methyl sites for hydroxylation is 1. The first-order valence-corrected chi connectivity index (χ1v) is 53.0. The number of unbranched alkanes of at least 4 members (excludes halogenated alkanes) is 1. The van der Waals surface area contributed by atoms with Gasteiger partial charge in [-0.2, -0.15) is 24.9 Å². The molecule has 17 heterocycles. The van der Waals surface area contributed by atoms with E-state index in [-0.39, 0.29) is 67.0 Å². The van der Waals surface area contributed by atoms with Crippen LogP contribution in [-0.2, 0) is 145 Å². The van der Waals surface area contributed by atoms with Crippen LogP contribution in [0.5, 0.6) is 30.1 Å². The number of alkyl halides is 2. The second-order valence-corrected chi connectivity index (χ2v) is 40.4. The van der Waals surface area contributed by atoms with Crippen molar-refractivity contribution in [2.75, 3.05) is 178 Å². The first-order valence-electron chi connectivity index (χ1n) is 53.0. The summed E-state index contributed by atoms with van der Waals surface area (Å²) in [7, 11) is 8.16. The van der Waals surface area contributed by atoms with Gasteiger partial charge in [-0.15, -0.1) is 0 Å². The van der Waals surface area contributed by atoms with E-state index in [0.717, 1.165) is 130 Å². The summed E-state index contributed by atoms with van der Waals surface area (Å²) >= 11 is 0. The van der Waals surface area contributed by atoms with Gasteiger partial charge in [0.15, 0.2) is 0 Å². The molecule has 5 aromatic heterocycles. The van der Waals surface area contributed by atoms with Crippen molar-refractivity contribution in [3.05, 3.63) is 236 Å². The fourth-order valence-electron chi connectivity index (χ4n) is 20.8. The van der Waals surface area contributed by atoms with Crippen molar-refractivity contribution in [1.29, 1.82) is 0 Å². The Labute approximate surface area is 877 Å². The van der Waals surface area contributed by atoms with E-state index in [0.29, 0.717) is 179 Å². The lowest BCUT2D eigenvalue weighted by Gasteiger charge is -2.47. The molecule has 7 saturated heterocycles. The molecule has 798 valence electrons. The van der Waals surface area contributed by atoms with E-state index in [1.54, 1.807) is 95.9 Å². The number of nitrogens with zero attached hydrogens (tertiary/aromatic N) is 19. The number of benzene rings is 5. The van der Waals surface area contributed by atoms with Crippen LogP contribution in [0.15, 0.2) is 152 Å². The smallest absolute Gasteiger partial charge is 0.318 e. The zero-order valence-electron chi connectivity index (χ0n) is 87.4. The minimum Gasteiger partial charge on any atom is -0.463 e. The van der Waals surface area contributed by atoms with E-state index in [1.807, 2.05) is 24.3 Å². The van der Waals surface area contributed by atoms with Gasteiger partial charge < -0.3 is 52.7 Å². The van der Waals surface area contributed by atoms with E-state index in [4.69, 9.17) is 47.4 Å². The number of aromatic nitrogens is 10. The van der Waals surface area contributed by atoms with Gasteiger partial charge in [-0.3, -0.25) is 68.1 Å². The second-order valence-electron chi connectivity index (χ2n) is 40.4. The van der Waals surface area contributed by atoms with Crippen molar-refractivity contribution < 1.29 is 80.1 Å². The highest BCUT2D eigenvalue weighted by Crippen LogP contribution is 2.42. The summed E-state index contributed by atoms with van der Waals surface area (Å²) in [5, 5.41) is 3.53. The number of carbonyl (C=O) groups excluding carboxylic acids is 5. The quantitative estimate of drug-likeness (QED) is 0.0347. The van der Waals surface area contributed by atoms with Gasteiger partial charge in [0.25, 0.3) is 5.92 Å². The summed E-state index contributed by atoms with van der Waals surface area (Å²) in [6.07, 6.45) is 27.4. The highest BCUT2D eigenvalue weighted by Gasteiger charge is 2.41. The molecule has 0 radical (unpaired) electrons. The largest absolute Gasteiger partial charge is 0.463 e. The molecule has 0 unspecified atom stereocenters. The van der Waals surface area contributed by atoms with Crippen LogP contribution < -0.4 is 53.5 Å². The van der Waals surface area contributed by atoms with E-state index in [1.165, 1.54) is 126 Å². The van der Waals surface area contributed by atoms with E-state index < -0.39 is 5.92 Å². The summed E-state index contributed by atoms with van der Waals surface area (Å²) in [6.45, 7) is 20.3. The SMILES string of the molecule is C1CC2CCC1N2.CCc1ccc(CN2C(=O)Cc3cnc(OCCOC)nc32)cc1.COCCCCOc1ncc2c(n1)N(Cc1ccc(CN3CCCC3)cc1)C(=O)C2.COCCCOc1ncc2c(n1)N(Cc1ccc(CN3CCCC3)cc1)C(=O)C2.COCCOc1ncc2c(n1)N(Cc1ccc(CN3CC4CC(C4)C3)cc1)C(=O)C2.COCCOc1ncc2c(n1)N(Cc1ccc(CN3CCC(F)(F)C3)cc1)C(=O)C2. The third-order valence-corrected chi connectivity index (χ3v) is 28.9. The van der Waals surface area contributed by atoms with Gasteiger partial charge in [-0.25, -0.2) is 33.7 Å². The minimum absolute atomic E-state index is 0.0351. The molecule has 1 N–H and O–H groups in total. The molecule has 10 aromatic rings. The number of anilines is 5. The Hall–Kier alpha value is -12.7. The summed E-state index contributed by atoms with van der Waals surface area (Å²) < 4.78 is 79.4. The molecule has 5 aromatic carbocycles. The monoisotopic (exact) mass is 2060 g/mol. The molecule has 5 amide bonds. The number of amides is 5. The molecule has 150 heavy (non-hydrogen) atoms. The minimum atomic E-state index is -2.59. The lowest BCUT2D eigenvalue weighted by molar-refractivity contribution is -0.118. The Morgan fingerprint density at radius 2 is 0.560 bits per heavy atom. The molecule has 0 atom stereocenters. The normalized spacial score (nSPS) is 19.0. The van der Waals surface area contributed by atoms with Gasteiger partial charge >= 0.3 is 30.1 Å². The van der Waals surface area contributed by atoms with Crippen molar-refractivity contribution in [2.45, 2.75) is 212 Å². The Morgan fingerprint density at radius 3 is 0.827 bits per heavy atom. The van der Waals surface area contributed by atoms with Gasteiger partial charge in [-0.1, -0.05) is 128 Å². The van der Waals surface area contributed by atoms with Crippen LogP contribution in [-0.4, -0.2) is 271 Å². The van der Waals surface area contributed by atoms with Gasteiger partial charge in [0.05, 0.1) is 104 Å². The lowest BCUT2D eigenvalue weighted by atomic mass is 9.71. The highest BCUT2D eigenvalue weighted by molar-refractivity contribution is 6.03. The number of fused-ring (bicyclic) bond motifs is 9. The number of likely N-dealkylation sites (tertiary alicyclic amines) is 3. The predicted octanol–water partition coefficient (Wildman–Crippen LogP) is 13.5. The number of rotatable bonds is 42. The van der Waals surface area contributed by atoms with Crippen LogP contribution >= 0.6 is 0 Å². The fraction of sp³-hybridized carbons (Fsp3) is 0.513. The number of hydrogen-bond donors (Lipinski definition) is 1. The Kier molecular flexibility index (Phi) is 39.0. The molecule has 37 heteroatoms. The molecular weight excluding hydrogens is 1920 g/mol. The molecular formula is C113H142F2N20O15. The first-order chi connectivity index (χ1) is 73.2. The molecule has 0 spiro atoms. The maximum Gasteiger partial charge on any atom is 0.318 e. The molecule has 4 bridgehead atoms. The number of nitrogens with one attached hydrogen (secondary N) is 1. The van der Waals surface area contributed by atoms with Gasteiger partial charge in [0.1, 0.15) is 48.9 Å². The van der Waals surface area contributed by atoms with Gasteiger partial charge in [0.2, 0.25) is 29.5 Å². The highest BCUT2D eigenvalue weighted by atomic mass is 19.3. The van der Waals surface area contributed by atoms with E-state index >= 15 is 0 Å². The summed E-state index contributed by atoms with van der Waals surface area (Å²) in [5.74, 6) is 2.59. The van der Waals surface area contributed by atoms with Crippen LogP contribution in [0.1, 0.15) is 180 Å². The zero-order valence-corrected chi connectivity index (χ0v) is 87.4. The van der Waals surface area contributed by atoms with E-state index in [2.05, 4.69) is 174 Å². The number of halogens is 2. The average molecular weight is 2060 g/mol. The Balaban J connectivity index is 0.000000125. The number of piperidine rings is 2. The predicted molar refractivity (Wildman–Crippen MR) is 561 cm³/mol. The van der Waals surface area contributed by atoms with Gasteiger partial charge in [-0.05, 0) is 177 Å². The number of carbonyl (C=O) groups is 5. The standard InChI is InChI=1S/C23H28N4O3.C23H30N4O3.C22H28N4O3.C21H24F2N4O3.C18H21N3O3.C6H11N/c1-29-6-7-30-23-24-11-20-10-21(28)27(22(20)25-23)15-17-4-2-16(3-5-17)12-26-13-18-8-19(9-18)14-26;1-29-12-4-5-13-30-23-24-15-20-14-21(28)27(22(20)25-23)17-19-8-6-18(7-9-19)16-26-10-2-3-11-26;1-28-11-4-12-29-22-23-14-19-13-20(27)26(21(19)24-22)16-18-7-5-17(6-8-18)15-25-9-2-3-10-25;1-29-8-9-30-20-24-11-17-10-18(28)27(19(17)25-20)13-16-4-2-15(3-5-16)12-26-7-6-21(22,23)14-26;1-3-13-4-6-14(7-5-13)12-21-16(22)10-15-11-19-18(20-17(15)21)24-9-8-23-2;1-2-6-4-3-5(1)7-6/h2-5,11,18-19H,6-10,12-15H2,1H3;6-9,15H,2-5,10-14,16-17H2,1H3;5-8,14H,2-4,9-13,15-16H2,1H3;2-5,11H,6-10,12-14H2,1H3;4-7,11H,3,8-10,12H2,1-2H3;5-7H,1-4H2. The molecule has 1 saturated carbocycles. The molecule has 12 aliphatic heterocycles. The second kappa shape index (κ2) is 53.8. The maximum absolute atomic E-state index is 13.4. The summed E-state index contributed by atoms with van der Waals surface area (Å²) in [4.78, 5) is 124. The van der Waals surface area contributed by atoms with Crippen molar-refractivity contribution in [1.82, 2.24) is 74.8 Å². The third-order valence-electron chi connectivity index (χ3n) is 28.9. The van der Waals surface area contributed by atoms with Crippen LogP contribution in [0.3, 0.4) is 0 Å². The van der Waals surface area contributed by atoms with Crippen molar-refractivity contribution in [3.63, 3.8) is 0 Å².